The van der Waals surface area contributed by atoms with E-state index in [-0.39, 0.29) is 12.0 Å². The van der Waals surface area contributed by atoms with Crippen molar-refractivity contribution in [2.75, 3.05) is 19.7 Å². The van der Waals surface area contributed by atoms with E-state index in [9.17, 15) is 4.79 Å². The highest BCUT2D eigenvalue weighted by Gasteiger charge is 2.23. The molecule has 2 aromatic heterocycles. The lowest BCUT2D eigenvalue weighted by Gasteiger charge is -2.31. The Bertz CT molecular complexity index is 719. The number of hydrogen-bond acceptors (Lipinski definition) is 4. The molecule has 6 heteroatoms. The van der Waals surface area contributed by atoms with Crippen LogP contribution in [0.25, 0.3) is 11.3 Å². The van der Waals surface area contributed by atoms with E-state index in [0.717, 1.165) is 27.7 Å². The summed E-state index contributed by atoms with van der Waals surface area (Å²) in [5, 5.41) is 3.13. The SMILES string of the molecule is Cc1nc(-c2cc(C)n(CC(=O)N3CCOC(C)C3)c2C)cs1. The number of aryl methyl sites for hydroxylation is 2. The molecule has 1 saturated heterocycles. The second kappa shape index (κ2) is 6.45. The van der Waals surface area contributed by atoms with Crippen molar-refractivity contribution in [2.45, 2.75) is 40.3 Å². The lowest BCUT2D eigenvalue weighted by Crippen LogP contribution is -2.45. The number of aromatic nitrogens is 2. The molecule has 0 N–H and O–H groups in total. The van der Waals surface area contributed by atoms with Gasteiger partial charge >= 0.3 is 0 Å². The van der Waals surface area contributed by atoms with Crippen LogP contribution in [0.5, 0.6) is 0 Å². The third-order valence-electron chi connectivity index (χ3n) is 4.36. The smallest absolute Gasteiger partial charge is 0.242 e. The predicted octanol–water partition coefficient (Wildman–Crippen LogP) is 2.78. The van der Waals surface area contributed by atoms with Crippen LogP contribution < -0.4 is 0 Å². The molecule has 3 rings (SSSR count). The summed E-state index contributed by atoms with van der Waals surface area (Å²) in [6, 6.07) is 2.12. The molecule has 23 heavy (non-hydrogen) atoms. The maximum absolute atomic E-state index is 12.6. The standard InChI is InChI=1S/C17H23N3O2S/c1-11-7-15(16-10-23-14(4)18-16)13(3)20(11)9-17(21)19-5-6-22-12(2)8-19/h7,10,12H,5-6,8-9H2,1-4H3. The summed E-state index contributed by atoms with van der Waals surface area (Å²) in [4.78, 5) is 19.1. The van der Waals surface area contributed by atoms with Gasteiger partial charge in [0.05, 0.1) is 23.4 Å². The fourth-order valence-electron chi connectivity index (χ4n) is 3.07. The lowest BCUT2D eigenvalue weighted by atomic mass is 10.2. The Labute approximate surface area is 140 Å². The van der Waals surface area contributed by atoms with E-state index in [1.54, 1.807) is 11.3 Å². The molecule has 3 heterocycles. The molecule has 0 aromatic carbocycles. The molecule has 0 bridgehead atoms. The second-order valence-electron chi connectivity index (χ2n) is 6.14. The maximum atomic E-state index is 12.6. The average Bonchev–Trinajstić information content (AvgIpc) is 3.05. The van der Waals surface area contributed by atoms with Gasteiger partial charge in [-0.2, -0.15) is 0 Å². The Hall–Kier alpha value is -1.66. The number of carbonyl (C=O) groups excluding carboxylic acids is 1. The molecule has 1 aliphatic heterocycles. The first kappa shape index (κ1) is 16.2. The number of carbonyl (C=O) groups is 1. The first-order valence-electron chi connectivity index (χ1n) is 7.94. The molecule has 0 radical (unpaired) electrons. The Morgan fingerprint density at radius 1 is 1.43 bits per heavy atom. The van der Waals surface area contributed by atoms with Gasteiger partial charge in [-0.1, -0.05) is 0 Å². The van der Waals surface area contributed by atoms with E-state index in [0.29, 0.717) is 26.2 Å². The van der Waals surface area contributed by atoms with E-state index in [1.165, 1.54) is 0 Å². The molecule has 5 nitrogen and oxygen atoms in total. The number of hydrogen-bond donors (Lipinski definition) is 0. The Morgan fingerprint density at radius 2 is 2.22 bits per heavy atom. The number of morpholine rings is 1. The molecule has 1 fully saturated rings. The number of ether oxygens (including phenoxy) is 1. The summed E-state index contributed by atoms with van der Waals surface area (Å²) in [7, 11) is 0. The minimum atomic E-state index is 0.119. The highest BCUT2D eigenvalue weighted by Crippen LogP contribution is 2.28. The van der Waals surface area contributed by atoms with Gasteiger partial charge in [0.15, 0.2) is 0 Å². The highest BCUT2D eigenvalue weighted by atomic mass is 32.1. The second-order valence-corrected chi connectivity index (χ2v) is 7.21. The van der Waals surface area contributed by atoms with Gasteiger partial charge in [0, 0.05) is 35.4 Å². The summed E-state index contributed by atoms with van der Waals surface area (Å²) in [5.74, 6) is 0.156. The average molecular weight is 333 g/mol. The van der Waals surface area contributed by atoms with Gasteiger partial charge in [0.2, 0.25) is 5.91 Å². The lowest BCUT2D eigenvalue weighted by molar-refractivity contribution is -0.138. The van der Waals surface area contributed by atoms with Crippen LogP contribution in [0, 0.1) is 20.8 Å². The van der Waals surface area contributed by atoms with Crippen LogP contribution in [-0.4, -0.2) is 46.2 Å². The zero-order chi connectivity index (χ0) is 16.6. The van der Waals surface area contributed by atoms with Crippen LogP contribution in [0.1, 0.15) is 23.3 Å². The molecule has 0 aliphatic carbocycles. The van der Waals surface area contributed by atoms with Crippen LogP contribution in [0.2, 0.25) is 0 Å². The Morgan fingerprint density at radius 3 is 2.87 bits per heavy atom. The van der Waals surface area contributed by atoms with Crippen LogP contribution in [0.15, 0.2) is 11.4 Å². The van der Waals surface area contributed by atoms with Crippen LogP contribution >= 0.6 is 11.3 Å². The largest absolute Gasteiger partial charge is 0.375 e. The molecule has 0 saturated carbocycles. The van der Waals surface area contributed by atoms with Crippen LogP contribution in [0.3, 0.4) is 0 Å². The van der Waals surface area contributed by atoms with E-state index >= 15 is 0 Å². The summed E-state index contributed by atoms with van der Waals surface area (Å²) < 4.78 is 7.60. The van der Waals surface area contributed by atoms with E-state index in [2.05, 4.69) is 27.9 Å². The van der Waals surface area contributed by atoms with Gasteiger partial charge < -0.3 is 14.2 Å². The Balaban J connectivity index is 1.80. The fourth-order valence-corrected chi connectivity index (χ4v) is 3.68. The van der Waals surface area contributed by atoms with Crippen LogP contribution in [-0.2, 0) is 16.1 Å². The predicted molar refractivity (Wildman–Crippen MR) is 91.7 cm³/mol. The zero-order valence-electron chi connectivity index (χ0n) is 14.1. The minimum absolute atomic E-state index is 0.119. The highest BCUT2D eigenvalue weighted by molar-refractivity contribution is 7.09. The van der Waals surface area contributed by atoms with Crippen molar-refractivity contribution in [3.8, 4) is 11.3 Å². The number of nitrogens with zero attached hydrogens (tertiary/aromatic N) is 3. The van der Waals surface area contributed by atoms with E-state index in [1.807, 2.05) is 25.7 Å². The first-order chi connectivity index (χ1) is 11.0. The number of thiazole rings is 1. The fraction of sp³-hybridized carbons (Fsp3) is 0.529. The van der Waals surface area contributed by atoms with E-state index < -0.39 is 0 Å². The van der Waals surface area contributed by atoms with Crippen molar-refractivity contribution in [3.63, 3.8) is 0 Å². The molecular weight excluding hydrogens is 310 g/mol. The maximum Gasteiger partial charge on any atom is 0.242 e. The summed E-state index contributed by atoms with van der Waals surface area (Å²) in [6.07, 6.45) is 0.119. The molecule has 2 aromatic rings. The van der Waals surface area contributed by atoms with E-state index in [4.69, 9.17) is 4.74 Å². The van der Waals surface area contributed by atoms with Crippen molar-refractivity contribution in [2.24, 2.45) is 0 Å². The minimum Gasteiger partial charge on any atom is -0.375 e. The first-order valence-corrected chi connectivity index (χ1v) is 8.82. The molecular formula is C17H23N3O2S. The normalized spacial score (nSPS) is 18.4. The van der Waals surface area contributed by atoms with Crippen molar-refractivity contribution in [3.05, 3.63) is 27.8 Å². The van der Waals surface area contributed by atoms with Gasteiger partial charge in [-0.05, 0) is 33.8 Å². The van der Waals surface area contributed by atoms with Gasteiger partial charge in [-0.15, -0.1) is 11.3 Å². The van der Waals surface area contributed by atoms with Gasteiger partial charge in [-0.25, -0.2) is 4.98 Å². The molecule has 1 amide bonds. The molecule has 1 unspecified atom stereocenters. The summed E-state index contributed by atoms with van der Waals surface area (Å²) >= 11 is 1.65. The summed E-state index contributed by atoms with van der Waals surface area (Å²) in [6.45, 7) is 10.5. The van der Waals surface area contributed by atoms with Gasteiger partial charge in [0.1, 0.15) is 6.54 Å². The molecule has 124 valence electrons. The summed E-state index contributed by atoms with van der Waals surface area (Å²) in [5.41, 5.74) is 4.31. The number of amides is 1. The number of rotatable bonds is 3. The monoisotopic (exact) mass is 333 g/mol. The van der Waals surface area contributed by atoms with Crippen molar-refractivity contribution >= 4 is 17.2 Å². The van der Waals surface area contributed by atoms with Crippen molar-refractivity contribution < 1.29 is 9.53 Å². The van der Waals surface area contributed by atoms with Gasteiger partial charge in [-0.3, -0.25) is 4.79 Å². The molecule has 1 atom stereocenters. The zero-order valence-corrected chi connectivity index (χ0v) is 14.9. The quantitative estimate of drug-likeness (QED) is 0.868. The van der Waals surface area contributed by atoms with Crippen LogP contribution in [0.4, 0.5) is 0 Å². The Kier molecular flexibility index (Phi) is 4.55. The third-order valence-corrected chi connectivity index (χ3v) is 5.13. The third kappa shape index (κ3) is 3.33. The topological polar surface area (TPSA) is 47.4 Å². The van der Waals surface area contributed by atoms with Crippen molar-refractivity contribution in [1.29, 1.82) is 0 Å². The van der Waals surface area contributed by atoms with Gasteiger partial charge in [0.25, 0.3) is 0 Å². The van der Waals surface area contributed by atoms with Crippen molar-refractivity contribution in [1.82, 2.24) is 14.5 Å². The molecule has 1 aliphatic rings. The molecule has 0 spiro atoms.